The van der Waals surface area contributed by atoms with E-state index >= 15 is 0 Å². The molecule has 1 heterocycles. The van der Waals surface area contributed by atoms with Gasteiger partial charge >= 0.3 is 0 Å². The maximum atomic E-state index is 13.3. The molecule has 0 aliphatic heterocycles. The van der Waals surface area contributed by atoms with E-state index in [1.54, 1.807) is 6.92 Å². The van der Waals surface area contributed by atoms with Crippen LogP contribution in [-0.2, 0) is 0 Å². The molecule has 2 aromatic rings. The van der Waals surface area contributed by atoms with Crippen LogP contribution in [0.4, 0.5) is 18.9 Å². The van der Waals surface area contributed by atoms with Crippen LogP contribution in [0, 0.1) is 24.4 Å². The van der Waals surface area contributed by atoms with Crippen LogP contribution in [-0.4, -0.2) is 4.98 Å². The fraction of sp³-hybridized carbons (Fsp3) is 0.100. The molecule has 1 aromatic carbocycles. The van der Waals surface area contributed by atoms with Gasteiger partial charge in [-0.3, -0.25) is 0 Å². The van der Waals surface area contributed by atoms with Gasteiger partial charge in [0.1, 0.15) is 11.3 Å². The number of aryl methyl sites for hydroxylation is 1. The number of hydrogen-bond donors (Lipinski definition) is 1. The number of aromatic nitrogens is 1. The summed E-state index contributed by atoms with van der Waals surface area (Å²) in [5.74, 6) is -3.35. The first kappa shape index (κ1) is 9.76. The van der Waals surface area contributed by atoms with Crippen molar-refractivity contribution >= 4 is 16.6 Å². The molecule has 5 heteroatoms. The molecule has 0 fully saturated rings. The van der Waals surface area contributed by atoms with Gasteiger partial charge in [0.25, 0.3) is 0 Å². The highest BCUT2D eigenvalue weighted by atomic mass is 19.2. The van der Waals surface area contributed by atoms with Gasteiger partial charge in [-0.25, -0.2) is 18.2 Å². The third-order valence-electron chi connectivity index (χ3n) is 2.09. The molecule has 15 heavy (non-hydrogen) atoms. The lowest BCUT2D eigenvalue weighted by Crippen LogP contribution is -1.99. The summed E-state index contributed by atoms with van der Waals surface area (Å²) >= 11 is 0. The zero-order chi connectivity index (χ0) is 11.2. The highest BCUT2D eigenvalue weighted by Gasteiger charge is 2.15. The standard InChI is InChI=1S/C10H7F3N2/c1-4-2-7(14)8-5(11)3-6(12)9(13)10(8)15-4/h2-3H,1H3,(H2,14,15). The van der Waals surface area contributed by atoms with Crippen molar-refractivity contribution in [2.24, 2.45) is 0 Å². The number of halogens is 3. The van der Waals surface area contributed by atoms with Crippen LogP contribution in [0.1, 0.15) is 5.69 Å². The lowest BCUT2D eigenvalue weighted by molar-refractivity contribution is 0.504. The Morgan fingerprint density at radius 3 is 2.47 bits per heavy atom. The average Bonchev–Trinajstić information content (AvgIpc) is 2.12. The second-order valence-electron chi connectivity index (χ2n) is 3.23. The molecule has 0 saturated carbocycles. The topological polar surface area (TPSA) is 38.9 Å². The highest BCUT2D eigenvalue weighted by Crippen LogP contribution is 2.27. The second kappa shape index (κ2) is 3.12. The van der Waals surface area contributed by atoms with Gasteiger partial charge in [0, 0.05) is 17.4 Å². The minimum Gasteiger partial charge on any atom is -0.398 e. The average molecular weight is 212 g/mol. The van der Waals surface area contributed by atoms with E-state index in [1.165, 1.54) is 6.07 Å². The van der Waals surface area contributed by atoms with Crippen LogP contribution in [0.3, 0.4) is 0 Å². The smallest absolute Gasteiger partial charge is 0.185 e. The van der Waals surface area contributed by atoms with Crippen LogP contribution in [0.25, 0.3) is 10.9 Å². The normalized spacial score (nSPS) is 10.9. The molecule has 2 nitrogen and oxygen atoms in total. The van der Waals surface area contributed by atoms with Crippen LogP contribution in [0.15, 0.2) is 12.1 Å². The van der Waals surface area contributed by atoms with Crippen molar-refractivity contribution in [1.29, 1.82) is 0 Å². The summed E-state index contributed by atoms with van der Waals surface area (Å²) in [6.07, 6.45) is 0. The quantitative estimate of drug-likeness (QED) is 0.681. The van der Waals surface area contributed by atoms with Gasteiger partial charge in [-0.2, -0.15) is 0 Å². The molecule has 0 saturated heterocycles. The van der Waals surface area contributed by atoms with Gasteiger partial charge in [0.15, 0.2) is 11.6 Å². The summed E-state index contributed by atoms with van der Waals surface area (Å²) in [5, 5.41) is -0.181. The van der Waals surface area contributed by atoms with Crippen molar-refractivity contribution in [2.75, 3.05) is 5.73 Å². The summed E-state index contributed by atoms with van der Waals surface area (Å²) in [4.78, 5) is 3.72. The Morgan fingerprint density at radius 2 is 1.80 bits per heavy atom. The van der Waals surface area contributed by atoms with Crippen molar-refractivity contribution in [1.82, 2.24) is 4.98 Å². The predicted molar refractivity (Wildman–Crippen MR) is 50.8 cm³/mol. The molecule has 0 atom stereocenters. The third-order valence-corrected chi connectivity index (χ3v) is 2.09. The zero-order valence-corrected chi connectivity index (χ0v) is 7.81. The lowest BCUT2D eigenvalue weighted by atomic mass is 10.1. The van der Waals surface area contributed by atoms with Crippen molar-refractivity contribution in [3.8, 4) is 0 Å². The van der Waals surface area contributed by atoms with E-state index < -0.39 is 17.5 Å². The predicted octanol–water partition coefficient (Wildman–Crippen LogP) is 2.54. The minimum absolute atomic E-state index is 0.0499. The molecule has 0 spiro atoms. The molecular formula is C10H7F3N2. The lowest BCUT2D eigenvalue weighted by Gasteiger charge is -2.06. The highest BCUT2D eigenvalue weighted by molar-refractivity contribution is 5.91. The number of nitrogens with zero attached hydrogens (tertiary/aromatic N) is 1. The number of anilines is 1. The first-order valence-corrected chi connectivity index (χ1v) is 4.21. The summed E-state index contributed by atoms with van der Waals surface area (Å²) in [6, 6.07) is 1.87. The fourth-order valence-corrected chi connectivity index (χ4v) is 1.47. The Balaban J connectivity index is 3.02. The molecule has 2 rings (SSSR count). The molecule has 0 aliphatic rings. The first-order valence-electron chi connectivity index (χ1n) is 4.21. The number of hydrogen-bond acceptors (Lipinski definition) is 2. The number of nitrogen functional groups attached to an aromatic ring is 1. The maximum absolute atomic E-state index is 13.3. The van der Waals surface area contributed by atoms with E-state index in [-0.39, 0.29) is 16.6 Å². The van der Waals surface area contributed by atoms with Crippen molar-refractivity contribution < 1.29 is 13.2 Å². The first-order chi connectivity index (χ1) is 7.00. The van der Waals surface area contributed by atoms with Crippen LogP contribution in [0.2, 0.25) is 0 Å². The largest absolute Gasteiger partial charge is 0.398 e. The summed E-state index contributed by atoms with van der Waals surface area (Å²) < 4.78 is 39.4. The van der Waals surface area contributed by atoms with Crippen molar-refractivity contribution in [3.05, 3.63) is 35.3 Å². The summed E-state index contributed by atoms with van der Waals surface area (Å²) in [6.45, 7) is 1.57. The van der Waals surface area contributed by atoms with Gasteiger partial charge in [-0.1, -0.05) is 0 Å². The number of nitrogens with two attached hydrogens (primary N) is 1. The van der Waals surface area contributed by atoms with Gasteiger partial charge in [0.2, 0.25) is 0 Å². The number of pyridine rings is 1. The zero-order valence-electron chi connectivity index (χ0n) is 7.81. The SMILES string of the molecule is Cc1cc(N)c2c(F)cc(F)c(F)c2n1. The van der Waals surface area contributed by atoms with Crippen molar-refractivity contribution in [3.63, 3.8) is 0 Å². The van der Waals surface area contributed by atoms with E-state index in [4.69, 9.17) is 5.73 Å². The fourth-order valence-electron chi connectivity index (χ4n) is 1.47. The molecule has 0 radical (unpaired) electrons. The van der Waals surface area contributed by atoms with Gasteiger partial charge in [-0.15, -0.1) is 0 Å². The van der Waals surface area contributed by atoms with E-state index in [1.807, 2.05) is 0 Å². The van der Waals surface area contributed by atoms with Gasteiger partial charge in [-0.05, 0) is 13.0 Å². The molecule has 78 valence electrons. The van der Waals surface area contributed by atoms with E-state index in [0.29, 0.717) is 11.8 Å². The summed E-state index contributed by atoms with van der Waals surface area (Å²) in [7, 11) is 0. The third kappa shape index (κ3) is 1.40. The van der Waals surface area contributed by atoms with E-state index in [9.17, 15) is 13.2 Å². The Kier molecular flexibility index (Phi) is 2.03. The molecular weight excluding hydrogens is 205 g/mol. The second-order valence-corrected chi connectivity index (χ2v) is 3.23. The summed E-state index contributed by atoms with van der Waals surface area (Å²) in [5.41, 5.74) is 5.59. The maximum Gasteiger partial charge on any atom is 0.185 e. The van der Waals surface area contributed by atoms with Gasteiger partial charge < -0.3 is 5.73 Å². The van der Waals surface area contributed by atoms with Crippen LogP contribution in [0.5, 0.6) is 0 Å². The van der Waals surface area contributed by atoms with Gasteiger partial charge in [0.05, 0.1) is 5.39 Å². The molecule has 2 N–H and O–H groups in total. The number of benzene rings is 1. The van der Waals surface area contributed by atoms with E-state index in [0.717, 1.165) is 0 Å². The number of fused-ring (bicyclic) bond motifs is 1. The Morgan fingerprint density at radius 1 is 1.13 bits per heavy atom. The van der Waals surface area contributed by atoms with Crippen LogP contribution < -0.4 is 5.73 Å². The monoisotopic (exact) mass is 212 g/mol. The Bertz CT molecular complexity index is 544. The Labute approximate surface area is 83.5 Å². The molecule has 1 aromatic heterocycles. The molecule has 0 aliphatic carbocycles. The molecule has 0 unspecified atom stereocenters. The number of rotatable bonds is 0. The van der Waals surface area contributed by atoms with Crippen molar-refractivity contribution in [2.45, 2.75) is 6.92 Å². The minimum atomic E-state index is -1.27. The van der Waals surface area contributed by atoms with E-state index in [2.05, 4.69) is 4.98 Å². The molecule has 0 bridgehead atoms. The Hall–Kier alpha value is -1.78. The van der Waals surface area contributed by atoms with Crippen LogP contribution >= 0.6 is 0 Å². The molecule has 0 amide bonds.